The lowest BCUT2D eigenvalue weighted by atomic mass is 9.85. The van der Waals surface area contributed by atoms with Gasteiger partial charge >= 0.3 is 0 Å². The first-order chi connectivity index (χ1) is 10.2. The molecule has 0 aliphatic carbocycles. The van der Waals surface area contributed by atoms with Gasteiger partial charge in [-0.1, -0.05) is 58.9 Å². The molecule has 0 aliphatic rings. The average Bonchev–Trinajstić information content (AvgIpc) is 2.45. The largest absolute Gasteiger partial charge is 0.508 e. The monoisotopic (exact) mass is 298 g/mol. The summed E-state index contributed by atoms with van der Waals surface area (Å²) < 4.78 is 5.95. The molecule has 2 aromatic rings. The van der Waals surface area contributed by atoms with Gasteiger partial charge in [0.1, 0.15) is 11.5 Å². The second kappa shape index (κ2) is 6.04. The minimum absolute atomic E-state index is 0.152. The second-order valence-electron chi connectivity index (χ2n) is 7.50. The highest BCUT2D eigenvalue weighted by Crippen LogP contribution is 2.28. The molecule has 22 heavy (non-hydrogen) atoms. The maximum Gasteiger partial charge on any atom is 0.119 e. The number of ether oxygens (including phenoxy) is 1. The predicted molar refractivity (Wildman–Crippen MR) is 91.8 cm³/mol. The Kier molecular flexibility index (Phi) is 4.50. The molecule has 0 amide bonds. The third-order valence-electron chi connectivity index (χ3n) is 3.95. The molecule has 0 aliphatic heterocycles. The van der Waals surface area contributed by atoms with Gasteiger partial charge in [-0.25, -0.2) is 0 Å². The van der Waals surface area contributed by atoms with Crippen LogP contribution in [-0.2, 0) is 10.8 Å². The van der Waals surface area contributed by atoms with Crippen molar-refractivity contribution in [2.45, 2.75) is 45.4 Å². The van der Waals surface area contributed by atoms with Crippen molar-refractivity contribution < 1.29 is 9.84 Å². The zero-order valence-corrected chi connectivity index (χ0v) is 14.2. The highest BCUT2D eigenvalue weighted by atomic mass is 16.5. The number of phenols is 1. The number of hydrogen-bond donors (Lipinski definition) is 1. The van der Waals surface area contributed by atoms with E-state index in [1.54, 1.807) is 12.1 Å². The molecule has 1 N–H and O–H groups in total. The van der Waals surface area contributed by atoms with E-state index in [1.807, 2.05) is 24.3 Å². The van der Waals surface area contributed by atoms with Gasteiger partial charge in [-0.3, -0.25) is 0 Å². The fourth-order valence-electron chi connectivity index (χ4n) is 2.33. The second-order valence-corrected chi connectivity index (χ2v) is 7.50. The van der Waals surface area contributed by atoms with Crippen LogP contribution >= 0.6 is 0 Å². The molecule has 0 saturated heterocycles. The summed E-state index contributed by atoms with van der Waals surface area (Å²) in [6.07, 6.45) is 0. The molecule has 2 heteroatoms. The Hall–Kier alpha value is -1.96. The molecule has 0 atom stereocenters. The lowest BCUT2D eigenvalue weighted by Gasteiger charge is -2.26. The van der Waals surface area contributed by atoms with Gasteiger partial charge in [-0.15, -0.1) is 0 Å². The van der Waals surface area contributed by atoms with Crippen LogP contribution in [0.5, 0.6) is 11.5 Å². The van der Waals surface area contributed by atoms with Crippen LogP contribution < -0.4 is 4.74 Å². The van der Waals surface area contributed by atoms with Crippen molar-refractivity contribution in [3.05, 3.63) is 59.7 Å². The maximum atomic E-state index is 9.63. The molecular weight excluding hydrogens is 272 g/mol. The molecule has 2 nitrogen and oxygen atoms in total. The van der Waals surface area contributed by atoms with Crippen LogP contribution in [0.25, 0.3) is 0 Å². The summed E-state index contributed by atoms with van der Waals surface area (Å²) in [5, 5.41) is 9.63. The Bertz CT molecular complexity index is 619. The van der Waals surface area contributed by atoms with Crippen molar-refractivity contribution in [3.63, 3.8) is 0 Å². The van der Waals surface area contributed by atoms with Gasteiger partial charge in [0, 0.05) is 5.41 Å². The third-order valence-corrected chi connectivity index (χ3v) is 3.95. The van der Waals surface area contributed by atoms with Gasteiger partial charge < -0.3 is 9.84 Å². The van der Waals surface area contributed by atoms with Crippen LogP contribution in [0, 0.1) is 0 Å². The Morgan fingerprint density at radius 2 is 1.50 bits per heavy atom. The Labute approximate surface area is 133 Å². The summed E-state index contributed by atoms with van der Waals surface area (Å²) in [7, 11) is 0. The van der Waals surface area contributed by atoms with E-state index in [0.29, 0.717) is 12.4 Å². The normalized spacial score (nSPS) is 12.2. The summed E-state index contributed by atoms with van der Waals surface area (Å²) in [4.78, 5) is 0. The molecule has 0 saturated carbocycles. The van der Waals surface area contributed by atoms with Crippen LogP contribution in [0.1, 0.15) is 45.7 Å². The van der Waals surface area contributed by atoms with E-state index in [1.165, 1.54) is 5.56 Å². The summed E-state index contributed by atoms with van der Waals surface area (Å²) in [6, 6.07) is 15.7. The molecule has 0 radical (unpaired) electrons. The topological polar surface area (TPSA) is 29.5 Å². The van der Waals surface area contributed by atoms with E-state index < -0.39 is 0 Å². The minimum Gasteiger partial charge on any atom is -0.508 e. The molecule has 0 spiro atoms. The molecule has 0 fully saturated rings. The molecule has 2 rings (SSSR count). The number of aromatic hydroxyl groups is 1. The zero-order valence-electron chi connectivity index (χ0n) is 14.2. The van der Waals surface area contributed by atoms with Gasteiger partial charge in [0.05, 0.1) is 6.61 Å². The number of rotatable bonds is 4. The molecule has 0 aromatic heterocycles. The first-order valence-electron chi connectivity index (χ1n) is 7.71. The van der Waals surface area contributed by atoms with Crippen molar-refractivity contribution in [2.75, 3.05) is 6.61 Å². The van der Waals surface area contributed by atoms with Crippen molar-refractivity contribution in [1.29, 1.82) is 0 Å². The van der Waals surface area contributed by atoms with Gasteiger partial charge in [0.15, 0.2) is 0 Å². The quantitative estimate of drug-likeness (QED) is 0.856. The SMILES string of the molecule is CC(C)(C)c1ccc(OCC(C)(C)c2cccc(O)c2)cc1. The van der Waals surface area contributed by atoms with Crippen molar-refractivity contribution >= 4 is 0 Å². The van der Waals surface area contributed by atoms with Crippen molar-refractivity contribution in [2.24, 2.45) is 0 Å². The van der Waals surface area contributed by atoms with Crippen molar-refractivity contribution in [3.8, 4) is 11.5 Å². The fraction of sp³-hybridized carbons (Fsp3) is 0.400. The fourth-order valence-corrected chi connectivity index (χ4v) is 2.33. The standard InChI is InChI=1S/C20H26O2/c1-19(2,3)15-9-11-18(12-10-15)22-14-20(4,5)16-7-6-8-17(21)13-16/h6-13,21H,14H2,1-5H3. The Morgan fingerprint density at radius 3 is 2.05 bits per heavy atom. The van der Waals surface area contributed by atoms with Crippen LogP contribution in [0.3, 0.4) is 0 Å². The average molecular weight is 298 g/mol. The lowest BCUT2D eigenvalue weighted by Crippen LogP contribution is -2.26. The Balaban J connectivity index is 2.06. The first kappa shape index (κ1) is 16.4. The first-order valence-corrected chi connectivity index (χ1v) is 7.71. The molecule has 118 valence electrons. The highest BCUT2D eigenvalue weighted by Gasteiger charge is 2.22. The zero-order chi connectivity index (χ0) is 16.4. The molecular formula is C20H26O2. The summed E-state index contributed by atoms with van der Waals surface area (Å²) >= 11 is 0. The van der Waals surface area contributed by atoms with E-state index in [4.69, 9.17) is 4.74 Å². The summed E-state index contributed by atoms with van der Waals surface area (Å²) in [6.45, 7) is 11.4. The minimum atomic E-state index is -0.165. The molecule has 0 heterocycles. The number of benzene rings is 2. The number of hydrogen-bond acceptors (Lipinski definition) is 2. The van der Waals surface area contributed by atoms with E-state index in [2.05, 4.69) is 46.8 Å². The smallest absolute Gasteiger partial charge is 0.119 e. The van der Waals surface area contributed by atoms with E-state index in [9.17, 15) is 5.11 Å². The van der Waals surface area contributed by atoms with Gasteiger partial charge in [0.2, 0.25) is 0 Å². The maximum absolute atomic E-state index is 9.63. The molecule has 2 aromatic carbocycles. The number of phenolic OH excluding ortho intramolecular Hbond substituents is 1. The van der Waals surface area contributed by atoms with Crippen LogP contribution in [0.4, 0.5) is 0 Å². The lowest BCUT2D eigenvalue weighted by molar-refractivity contribution is 0.240. The van der Waals surface area contributed by atoms with Gasteiger partial charge in [0.25, 0.3) is 0 Å². The van der Waals surface area contributed by atoms with Gasteiger partial charge in [-0.2, -0.15) is 0 Å². The third kappa shape index (κ3) is 4.03. The van der Waals surface area contributed by atoms with Gasteiger partial charge in [-0.05, 0) is 40.8 Å². The summed E-state index contributed by atoms with van der Waals surface area (Å²) in [5.41, 5.74) is 2.35. The van der Waals surface area contributed by atoms with Crippen LogP contribution in [-0.4, -0.2) is 11.7 Å². The molecule has 0 bridgehead atoms. The van der Waals surface area contributed by atoms with E-state index in [0.717, 1.165) is 11.3 Å². The highest BCUT2D eigenvalue weighted by molar-refractivity contribution is 5.34. The molecule has 0 unspecified atom stereocenters. The van der Waals surface area contributed by atoms with Crippen molar-refractivity contribution in [1.82, 2.24) is 0 Å². The van der Waals surface area contributed by atoms with Crippen LogP contribution in [0.2, 0.25) is 0 Å². The predicted octanol–water partition coefficient (Wildman–Crippen LogP) is 5.05. The van der Waals surface area contributed by atoms with Crippen LogP contribution in [0.15, 0.2) is 48.5 Å². The van der Waals surface area contributed by atoms with E-state index >= 15 is 0 Å². The Morgan fingerprint density at radius 1 is 0.864 bits per heavy atom. The summed E-state index contributed by atoms with van der Waals surface area (Å²) in [5.74, 6) is 1.17. The van der Waals surface area contributed by atoms with E-state index in [-0.39, 0.29) is 10.8 Å².